The molecule has 0 saturated carbocycles. The number of nitrogens with zero attached hydrogens (tertiary/aromatic N) is 1. The van der Waals surface area contributed by atoms with Gasteiger partial charge in [-0.2, -0.15) is 0 Å². The van der Waals surface area contributed by atoms with E-state index in [2.05, 4.69) is 15.0 Å². The molecule has 0 radical (unpaired) electrons. The number of rotatable bonds is 8. The van der Waals surface area contributed by atoms with Crippen molar-refractivity contribution in [1.82, 2.24) is 4.98 Å². The third kappa shape index (κ3) is 5.22. The number of anilines is 2. The van der Waals surface area contributed by atoms with Crippen molar-refractivity contribution in [1.29, 1.82) is 0 Å². The molecule has 0 aliphatic rings. The molecule has 124 valence electrons. The molecule has 0 aliphatic carbocycles. The largest absolute Gasteiger partial charge is 0.385 e. The molecule has 0 bridgehead atoms. The zero-order valence-corrected chi connectivity index (χ0v) is 14.1. The van der Waals surface area contributed by atoms with Gasteiger partial charge in [-0.3, -0.25) is 4.72 Å². The van der Waals surface area contributed by atoms with Gasteiger partial charge in [0.2, 0.25) is 0 Å². The summed E-state index contributed by atoms with van der Waals surface area (Å²) in [6, 6.07) is 10.2. The second kappa shape index (κ2) is 7.94. The molecule has 2 aromatic rings. The molecule has 0 fully saturated rings. The Hall–Kier alpha value is -2.12. The predicted octanol–water partition coefficient (Wildman–Crippen LogP) is 2.64. The first-order valence-corrected chi connectivity index (χ1v) is 8.78. The molecule has 0 amide bonds. The minimum atomic E-state index is -3.60. The number of methoxy groups -OCH3 is 1. The van der Waals surface area contributed by atoms with Crippen molar-refractivity contribution in [3.8, 4) is 0 Å². The molecular weight excluding hydrogens is 314 g/mol. The first-order chi connectivity index (χ1) is 11.0. The van der Waals surface area contributed by atoms with Crippen LogP contribution in [0.25, 0.3) is 0 Å². The average Bonchev–Trinajstić information content (AvgIpc) is 2.53. The Morgan fingerprint density at radius 3 is 2.70 bits per heavy atom. The van der Waals surface area contributed by atoms with Crippen LogP contribution in [0.15, 0.2) is 47.5 Å². The fraction of sp³-hybridized carbons (Fsp3) is 0.312. The van der Waals surface area contributed by atoms with Crippen LogP contribution in [0.3, 0.4) is 0 Å². The average molecular weight is 335 g/mol. The lowest BCUT2D eigenvalue weighted by Gasteiger charge is -2.09. The second-order valence-corrected chi connectivity index (χ2v) is 6.81. The maximum atomic E-state index is 12.3. The summed E-state index contributed by atoms with van der Waals surface area (Å²) < 4.78 is 32.1. The monoisotopic (exact) mass is 335 g/mol. The van der Waals surface area contributed by atoms with Gasteiger partial charge in [-0.25, -0.2) is 13.4 Å². The molecule has 1 aromatic heterocycles. The van der Waals surface area contributed by atoms with E-state index in [0.29, 0.717) is 18.1 Å². The van der Waals surface area contributed by atoms with Crippen LogP contribution in [0.5, 0.6) is 0 Å². The van der Waals surface area contributed by atoms with Crippen LogP contribution in [0.4, 0.5) is 11.5 Å². The van der Waals surface area contributed by atoms with Gasteiger partial charge < -0.3 is 10.1 Å². The van der Waals surface area contributed by atoms with Gasteiger partial charge in [0.25, 0.3) is 10.0 Å². The Morgan fingerprint density at radius 2 is 2.04 bits per heavy atom. The highest BCUT2D eigenvalue weighted by molar-refractivity contribution is 7.92. The molecular formula is C16H21N3O3S. The third-order valence-corrected chi connectivity index (χ3v) is 4.53. The van der Waals surface area contributed by atoms with Crippen LogP contribution in [0.1, 0.15) is 12.0 Å². The van der Waals surface area contributed by atoms with E-state index in [4.69, 9.17) is 4.74 Å². The number of hydrogen-bond acceptors (Lipinski definition) is 5. The maximum Gasteiger partial charge on any atom is 0.261 e. The number of aryl methyl sites for hydroxylation is 1. The highest BCUT2D eigenvalue weighted by atomic mass is 32.2. The first kappa shape index (κ1) is 17.2. The Kier molecular flexibility index (Phi) is 5.95. The zero-order valence-electron chi connectivity index (χ0n) is 13.2. The van der Waals surface area contributed by atoms with E-state index < -0.39 is 10.0 Å². The maximum absolute atomic E-state index is 12.3. The van der Waals surface area contributed by atoms with Gasteiger partial charge in [0.15, 0.2) is 0 Å². The van der Waals surface area contributed by atoms with Crippen molar-refractivity contribution in [3.05, 3.63) is 48.2 Å². The van der Waals surface area contributed by atoms with E-state index in [0.717, 1.165) is 18.5 Å². The minimum Gasteiger partial charge on any atom is -0.385 e. The van der Waals surface area contributed by atoms with Gasteiger partial charge in [0.1, 0.15) is 5.82 Å². The van der Waals surface area contributed by atoms with E-state index in [9.17, 15) is 8.42 Å². The summed E-state index contributed by atoms with van der Waals surface area (Å²) in [6.45, 7) is 3.28. The van der Waals surface area contributed by atoms with Crippen molar-refractivity contribution in [2.24, 2.45) is 0 Å². The number of sulfonamides is 1. The molecule has 0 unspecified atom stereocenters. The van der Waals surface area contributed by atoms with Crippen LogP contribution in [-0.2, 0) is 14.8 Å². The zero-order chi connectivity index (χ0) is 16.7. The normalized spacial score (nSPS) is 11.2. The van der Waals surface area contributed by atoms with E-state index in [1.807, 2.05) is 13.0 Å². The van der Waals surface area contributed by atoms with Gasteiger partial charge in [-0.15, -0.1) is 0 Å². The Balaban J connectivity index is 2.00. The lowest BCUT2D eigenvalue weighted by Crippen LogP contribution is -2.13. The van der Waals surface area contributed by atoms with Crippen LogP contribution in [-0.4, -0.2) is 33.7 Å². The summed E-state index contributed by atoms with van der Waals surface area (Å²) >= 11 is 0. The molecule has 0 spiro atoms. The molecule has 1 heterocycles. The van der Waals surface area contributed by atoms with E-state index in [1.165, 1.54) is 6.20 Å². The summed E-state index contributed by atoms with van der Waals surface area (Å²) in [7, 11) is -1.94. The summed E-state index contributed by atoms with van der Waals surface area (Å²) in [5.74, 6) is 0.694. The van der Waals surface area contributed by atoms with Crippen molar-refractivity contribution in [2.45, 2.75) is 18.2 Å². The summed E-state index contributed by atoms with van der Waals surface area (Å²) in [5.41, 5.74) is 1.32. The Morgan fingerprint density at radius 1 is 1.22 bits per heavy atom. The van der Waals surface area contributed by atoms with Crippen LogP contribution >= 0.6 is 0 Å². The first-order valence-electron chi connectivity index (χ1n) is 7.29. The van der Waals surface area contributed by atoms with E-state index >= 15 is 0 Å². The molecule has 0 atom stereocenters. The Bertz CT molecular complexity index is 730. The van der Waals surface area contributed by atoms with Gasteiger partial charge in [0, 0.05) is 20.3 Å². The molecule has 1 aromatic carbocycles. The van der Waals surface area contributed by atoms with Crippen molar-refractivity contribution >= 4 is 21.5 Å². The second-order valence-electron chi connectivity index (χ2n) is 5.13. The number of ether oxygens (including phenoxy) is 1. The van der Waals surface area contributed by atoms with Crippen LogP contribution in [0.2, 0.25) is 0 Å². The molecule has 7 heteroatoms. The highest BCUT2D eigenvalue weighted by Crippen LogP contribution is 2.17. The van der Waals surface area contributed by atoms with Crippen molar-refractivity contribution in [3.63, 3.8) is 0 Å². The lowest BCUT2D eigenvalue weighted by molar-refractivity contribution is 0.198. The van der Waals surface area contributed by atoms with Gasteiger partial charge >= 0.3 is 0 Å². The predicted molar refractivity (Wildman–Crippen MR) is 91.2 cm³/mol. The topological polar surface area (TPSA) is 80.3 Å². The van der Waals surface area contributed by atoms with Crippen molar-refractivity contribution < 1.29 is 13.2 Å². The van der Waals surface area contributed by atoms with Crippen LogP contribution in [0, 0.1) is 6.92 Å². The number of nitrogens with one attached hydrogen (secondary N) is 2. The van der Waals surface area contributed by atoms with E-state index in [-0.39, 0.29) is 4.90 Å². The highest BCUT2D eigenvalue weighted by Gasteiger charge is 2.14. The fourth-order valence-corrected chi connectivity index (χ4v) is 3.14. The number of pyridine rings is 1. The summed E-state index contributed by atoms with van der Waals surface area (Å²) in [6.07, 6.45) is 2.37. The number of hydrogen-bond donors (Lipinski definition) is 2. The summed E-state index contributed by atoms with van der Waals surface area (Å²) in [5, 5.41) is 3.14. The lowest BCUT2D eigenvalue weighted by atomic mass is 10.2. The molecule has 23 heavy (non-hydrogen) atoms. The fourth-order valence-electron chi connectivity index (χ4n) is 1.99. The van der Waals surface area contributed by atoms with Crippen molar-refractivity contribution in [2.75, 3.05) is 30.3 Å². The smallest absolute Gasteiger partial charge is 0.261 e. The third-order valence-electron chi connectivity index (χ3n) is 3.15. The summed E-state index contributed by atoms with van der Waals surface area (Å²) in [4.78, 5) is 4.43. The Labute approximate surface area is 137 Å². The minimum absolute atomic E-state index is 0.235. The number of aromatic nitrogens is 1. The quantitative estimate of drug-likeness (QED) is 0.725. The molecule has 0 saturated heterocycles. The van der Waals surface area contributed by atoms with Gasteiger partial charge in [-0.05, 0) is 43.2 Å². The molecule has 2 N–H and O–H groups in total. The van der Waals surface area contributed by atoms with Gasteiger partial charge in [0.05, 0.1) is 16.8 Å². The molecule has 0 aliphatic heterocycles. The standard InChI is InChI=1S/C16H21N3O3S/c1-13-5-3-6-15(11-13)23(20,21)19-14-7-8-16(18-12-14)17-9-4-10-22-2/h3,5-8,11-12,19H,4,9-10H2,1-2H3,(H,17,18). The SMILES string of the molecule is COCCCNc1ccc(NS(=O)(=O)c2cccc(C)c2)cn1. The number of benzene rings is 1. The van der Waals surface area contributed by atoms with Crippen LogP contribution < -0.4 is 10.0 Å². The molecule has 6 nitrogen and oxygen atoms in total. The van der Waals surface area contributed by atoms with Gasteiger partial charge in [-0.1, -0.05) is 12.1 Å². The molecule has 2 rings (SSSR count). The van der Waals surface area contributed by atoms with E-state index in [1.54, 1.807) is 37.4 Å².